The number of fused-ring (bicyclic) bond motifs is 1. The Morgan fingerprint density at radius 3 is 3.00 bits per heavy atom. The molecule has 0 radical (unpaired) electrons. The summed E-state index contributed by atoms with van der Waals surface area (Å²) in [6, 6.07) is 4.22. The van der Waals surface area contributed by atoms with Gasteiger partial charge in [-0.2, -0.15) is 0 Å². The van der Waals surface area contributed by atoms with Crippen LogP contribution < -0.4 is 10.6 Å². The number of benzene rings is 1. The normalized spacial score (nSPS) is 24.8. The van der Waals surface area contributed by atoms with Crippen molar-refractivity contribution in [3.05, 3.63) is 28.8 Å². The third-order valence-corrected chi connectivity index (χ3v) is 5.85. The van der Waals surface area contributed by atoms with E-state index in [0.29, 0.717) is 17.5 Å². The van der Waals surface area contributed by atoms with Gasteiger partial charge >= 0.3 is 0 Å². The molecule has 1 saturated heterocycles. The standard InChI is InChI=1S/C18H25FN2OS/c1-23-17-7-6-12(16(22)10-19)13-4-2-5-14(18(13)17)15-11-20-8-3-9-21-15/h6-7,14-15,20-21H,2-5,8-11H2,1H3. The number of rotatable bonds is 4. The summed E-state index contributed by atoms with van der Waals surface area (Å²) >= 11 is 1.73. The summed E-state index contributed by atoms with van der Waals surface area (Å²) in [5, 5.41) is 7.19. The van der Waals surface area contributed by atoms with Gasteiger partial charge in [0.15, 0.2) is 12.5 Å². The second kappa shape index (κ2) is 7.77. The van der Waals surface area contributed by atoms with Crippen LogP contribution in [0.4, 0.5) is 4.39 Å². The lowest BCUT2D eigenvalue weighted by Crippen LogP contribution is -2.42. The number of hydrogen-bond donors (Lipinski definition) is 2. The van der Waals surface area contributed by atoms with E-state index >= 15 is 0 Å². The van der Waals surface area contributed by atoms with Gasteiger partial charge in [-0.25, -0.2) is 4.39 Å². The van der Waals surface area contributed by atoms with Gasteiger partial charge in [-0.1, -0.05) is 0 Å². The molecule has 126 valence electrons. The predicted molar refractivity (Wildman–Crippen MR) is 93.5 cm³/mol. The molecule has 0 spiro atoms. The number of ketones is 1. The molecule has 2 unspecified atom stereocenters. The molecule has 3 nitrogen and oxygen atoms in total. The minimum Gasteiger partial charge on any atom is -0.315 e. The number of thioether (sulfide) groups is 1. The molecule has 2 atom stereocenters. The summed E-state index contributed by atoms with van der Waals surface area (Å²) in [6.07, 6.45) is 6.32. The summed E-state index contributed by atoms with van der Waals surface area (Å²) in [4.78, 5) is 13.3. The largest absolute Gasteiger partial charge is 0.315 e. The minimum atomic E-state index is -0.904. The Bertz CT molecular complexity index is 570. The van der Waals surface area contributed by atoms with Crippen molar-refractivity contribution in [2.75, 3.05) is 32.6 Å². The molecule has 0 bridgehead atoms. The van der Waals surface area contributed by atoms with E-state index in [1.807, 2.05) is 12.1 Å². The molecule has 5 heteroatoms. The number of nitrogens with one attached hydrogen (secondary N) is 2. The van der Waals surface area contributed by atoms with Gasteiger partial charge in [-0.3, -0.25) is 4.79 Å². The van der Waals surface area contributed by atoms with Gasteiger partial charge in [0.25, 0.3) is 0 Å². The second-order valence-electron chi connectivity index (χ2n) is 6.38. The van der Waals surface area contributed by atoms with E-state index in [1.54, 1.807) is 11.8 Å². The number of Topliss-reactive ketones (excluding diaryl/α,β-unsaturated/α-hetero) is 1. The van der Waals surface area contributed by atoms with Crippen LogP contribution in [-0.4, -0.2) is 44.4 Å². The van der Waals surface area contributed by atoms with E-state index in [9.17, 15) is 9.18 Å². The Morgan fingerprint density at radius 1 is 1.35 bits per heavy atom. The van der Waals surface area contributed by atoms with Crippen molar-refractivity contribution in [3.63, 3.8) is 0 Å². The van der Waals surface area contributed by atoms with Crippen LogP contribution in [0, 0.1) is 0 Å². The topological polar surface area (TPSA) is 41.1 Å². The monoisotopic (exact) mass is 336 g/mol. The van der Waals surface area contributed by atoms with E-state index < -0.39 is 6.67 Å². The number of carbonyl (C=O) groups is 1. The maximum absolute atomic E-state index is 13.0. The number of halogens is 1. The summed E-state index contributed by atoms with van der Waals surface area (Å²) in [7, 11) is 0. The fourth-order valence-corrected chi connectivity index (χ4v) is 4.69. The van der Waals surface area contributed by atoms with Crippen molar-refractivity contribution in [2.24, 2.45) is 0 Å². The molecular weight excluding hydrogens is 311 g/mol. The molecule has 1 fully saturated rings. The van der Waals surface area contributed by atoms with Crippen molar-refractivity contribution in [2.45, 2.75) is 42.5 Å². The van der Waals surface area contributed by atoms with Crippen LogP contribution in [0.5, 0.6) is 0 Å². The van der Waals surface area contributed by atoms with Gasteiger partial charge in [0.2, 0.25) is 0 Å². The number of hydrogen-bond acceptors (Lipinski definition) is 4. The van der Waals surface area contributed by atoms with E-state index in [0.717, 1.165) is 50.9 Å². The van der Waals surface area contributed by atoms with Crippen molar-refractivity contribution < 1.29 is 9.18 Å². The van der Waals surface area contributed by atoms with Gasteiger partial charge in [-0.05, 0) is 68.3 Å². The van der Waals surface area contributed by atoms with E-state index in [1.165, 1.54) is 10.5 Å². The molecule has 0 saturated carbocycles. The molecule has 0 aromatic heterocycles. The van der Waals surface area contributed by atoms with Crippen molar-refractivity contribution in [1.29, 1.82) is 0 Å². The van der Waals surface area contributed by atoms with E-state index in [2.05, 4.69) is 16.9 Å². The quantitative estimate of drug-likeness (QED) is 0.655. The maximum atomic E-state index is 13.0. The van der Waals surface area contributed by atoms with Gasteiger partial charge in [-0.15, -0.1) is 11.8 Å². The highest BCUT2D eigenvalue weighted by atomic mass is 32.2. The van der Waals surface area contributed by atoms with Crippen LogP contribution >= 0.6 is 11.8 Å². The average Bonchev–Trinajstić information content (AvgIpc) is 2.88. The van der Waals surface area contributed by atoms with Crippen LogP contribution in [0.1, 0.15) is 46.7 Å². The first-order valence-electron chi connectivity index (χ1n) is 8.49. The molecule has 1 aromatic carbocycles. The summed E-state index contributed by atoms with van der Waals surface area (Å²) in [5.74, 6) is 0.0284. The van der Waals surface area contributed by atoms with Crippen LogP contribution in [0.2, 0.25) is 0 Å². The fourth-order valence-electron chi connectivity index (χ4n) is 3.99. The zero-order chi connectivity index (χ0) is 16.2. The molecular formula is C18H25FN2OS. The SMILES string of the molecule is CSc1ccc(C(=O)CF)c2c1C(C1CNCCCN1)CCC2. The van der Waals surface area contributed by atoms with Crippen LogP contribution in [0.3, 0.4) is 0 Å². The van der Waals surface area contributed by atoms with Gasteiger partial charge < -0.3 is 10.6 Å². The predicted octanol–water partition coefficient (Wildman–Crippen LogP) is 2.93. The van der Waals surface area contributed by atoms with Gasteiger partial charge in [0.1, 0.15) is 0 Å². The molecule has 23 heavy (non-hydrogen) atoms. The molecule has 2 N–H and O–H groups in total. The zero-order valence-electron chi connectivity index (χ0n) is 13.7. The highest BCUT2D eigenvalue weighted by Gasteiger charge is 2.32. The molecule has 3 rings (SSSR count). The number of alkyl halides is 1. The first-order chi connectivity index (χ1) is 11.3. The summed E-state index contributed by atoms with van der Waals surface area (Å²) < 4.78 is 13.0. The Hall–Kier alpha value is -0.910. The smallest absolute Gasteiger partial charge is 0.194 e. The zero-order valence-corrected chi connectivity index (χ0v) is 14.5. The lowest BCUT2D eigenvalue weighted by atomic mass is 9.76. The Morgan fingerprint density at radius 2 is 2.22 bits per heavy atom. The number of carbonyl (C=O) groups excluding carboxylic acids is 1. The molecule has 1 aromatic rings. The molecule has 1 heterocycles. The first kappa shape index (κ1) is 16.9. The molecule has 2 aliphatic rings. The van der Waals surface area contributed by atoms with Gasteiger partial charge in [0, 0.05) is 29.0 Å². The third-order valence-electron chi connectivity index (χ3n) is 5.06. The minimum absolute atomic E-state index is 0.374. The lowest BCUT2D eigenvalue weighted by Gasteiger charge is -2.34. The van der Waals surface area contributed by atoms with Crippen molar-refractivity contribution >= 4 is 17.5 Å². The molecule has 1 aliphatic carbocycles. The highest BCUT2D eigenvalue weighted by Crippen LogP contribution is 2.41. The highest BCUT2D eigenvalue weighted by molar-refractivity contribution is 7.98. The van der Waals surface area contributed by atoms with Crippen LogP contribution in [0.25, 0.3) is 0 Å². The molecule has 0 amide bonds. The first-order valence-corrected chi connectivity index (χ1v) is 9.71. The lowest BCUT2D eigenvalue weighted by molar-refractivity contribution is 0.0957. The van der Waals surface area contributed by atoms with E-state index in [-0.39, 0.29) is 5.78 Å². The maximum Gasteiger partial charge on any atom is 0.194 e. The van der Waals surface area contributed by atoms with Crippen molar-refractivity contribution in [1.82, 2.24) is 10.6 Å². The summed E-state index contributed by atoms with van der Waals surface area (Å²) in [5.41, 5.74) is 3.00. The summed E-state index contributed by atoms with van der Waals surface area (Å²) in [6.45, 7) is 2.14. The van der Waals surface area contributed by atoms with Crippen LogP contribution in [-0.2, 0) is 6.42 Å². The second-order valence-corrected chi connectivity index (χ2v) is 7.23. The Labute approximate surface area is 141 Å². The Kier molecular flexibility index (Phi) is 5.72. The average molecular weight is 336 g/mol. The van der Waals surface area contributed by atoms with Crippen LogP contribution in [0.15, 0.2) is 17.0 Å². The third kappa shape index (κ3) is 3.47. The van der Waals surface area contributed by atoms with E-state index in [4.69, 9.17) is 0 Å². The fraction of sp³-hybridized carbons (Fsp3) is 0.611. The van der Waals surface area contributed by atoms with Gasteiger partial charge in [0.05, 0.1) is 0 Å². The Balaban J connectivity index is 2.03. The molecule has 1 aliphatic heterocycles. The van der Waals surface area contributed by atoms with Crippen molar-refractivity contribution in [3.8, 4) is 0 Å².